The molecule has 0 spiro atoms. The van der Waals surface area contributed by atoms with Gasteiger partial charge in [0, 0.05) is 26.0 Å². The quantitative estimate of drug-likeness (QED) is 0.866. The standard InChI is InChI=1S/C14H17F3N6O2/c1-7-5-10(14(15,16)17)20-23(7)8(2)12(24)19-9-6-22(4)21-11(9)13(25)18-3/h5-6,8H,1-4H3,(H,18,25)(H,19,24). The van der Waals surface area contributed by atoms with E-state index >= 15 is 0 Å². The van der Waals surface area contributed by atoms with Crippen LogP contribution in [0.5, 0.6) is 0 Å². The highest BCUT2D eigenvalue weighted by Crippen LogP contribution is 2.29. The normalized spacial score (nSPS) is 12.8. The Kier molecular flexibility index (Phi) is 4.86. The number of hydrogen-bond acceptors (Lipinski definition) is 4. The number of rotatable bonds is 4. The molecule has 11 heteroatoms. The lowest BCUT2D eigenvalue weighted by atomic mass is 10.2. The maximum absolute atomic E-state index is 12.7. The molecule has 2 amide bonds. The van der Waals surface area contributed by atoms with Crippen LogP contribution in [-0.4, -0.2) is 38.4 Å². The molecule has 1 atom stereocenters. The molecule has 25 heavy (non-hydrogen) atoms. The molecule has 136 valence electrons. The van der Waals surface area contributed by atoms with Crippen LogP contribution in [0.1, 0.15) is 34.8 Å². The number of aryl methyl sites for hydroxylation is 2. The molecule has 0 radical (unpaired) electrons. The van der Waals surface area contributed by atoms with E-state index in [1.807, 2.05) is 0 Å². The summed E-state index contributed by atoms with van der Waals surface area (Å²) in [5.41, 5.74) is -0.733. The van der Waals surface area contributed by atoms with E-state index in [-0.39, 0.29) is 17.1 Å². The number of nitrogens with zero attached hydrogens (tertiary/aromatic N) is 4. The van der Waals surface area contributed by atoms with E-state index in [1.54, 1.807) is 7.05 Å². The molecule has 0 saturated heterocycles. The van der Waals surface area contributed by atoms with E-state index in [0.717, 1.165) is 10.7 Å². The Bertz CT molecular complexity index is 808. The van der Waals surface area contributed by atoms with Gasteiger partial charge in [0.2, 0.25) is 5.91 Å². The van der Waals surface area contributed by atoms with Crippen molar-refractivity contribution in [2.45, 2.75) is 26.1 Å². The van der Waals surface area contributed by atoms with Crippen LogP contribution in [-0.2, 0) is 18.0 Å². The van der Waals surface area contributed by atoms with Gasteiger partial charge in [0.1, 0.15) is 6.04 Å². The highest BCUT2D eigenvalue weighted by atomic mass is 19.4. The monoisotopic (exact) mass is 358 g/mol. The Hall–Kier alpha value is -2.85. The first kappa shape index (κ1) is 18.5. The molecule has 2 rings (SSSR count). The Balaban J connectivity index is 2.25. The summed E-state index contributed by atoms with van der Waals surface area (Å²) in [5.74, 6) is -1.13. The first-order chi connectivity index (χ1) is 11.5. The average Bonchev–Trinajstić information content (AvgIpc) is 3.08. The van der Waals surface area contributed by atoms with Crippen LogP contribution < -0.4 is 10.6 Å². The maximum Gasteiger partial charge on any atom is 0.435 e. The van der Waals surface area contributed by atoms with Gasteiger partial charge in [0.05, 0.1) is 5.69 Å². The molecular weight excluding hydrogens is 341 g/mol. The van der Waals surface area contributed by atoms with E-state index in [9.17, 15) is 22.8 Å². The third-order valence-corrected chi connectivity index (χ3v) is 3.49. The van der Waals surface area contributed by atoms with Crippen molar-refractivity contribution in [2.24, 2.45) is 7.05 Å². The predicted octanol–water partition coefficient (Wildman–Crippen LogP) is 1.50. The minimum atomic E-state index is -4.60. The summed E-state index contributed by atoms with van der Waals surface area (Å²) in [7, 11) is 2.98. The van der Waals surface area contributed by atoms with Crippen LogP contribution in [0.25, 0.3) is 0 Å². The van der Waals surface area contributed by atoms with Crippen LogP contribution in [0.3, 0.4) is 0 Å². The van der Waals surface area contributed by atoms with Crippen LogP contribution in [0.4, 0.5) is 18.9 Å². The second-order valence-corrected chi connectivity index (χ2v) is 5.42. The molecule has 0 bridgehead atoms. The van der Waals surface area contributed by atoms with Crippen molar-refractivity contribution in [3.63, 3.8) is 0 Å². The lowest BCUT2D eigenvalue weighted by molar-refractivity contribution is -0.141. The zero-order valence-electron chi connectivity index (χ0n) is 14.0. The number of halogens is 3. The van der Waals surface area contributed by atoms with Gasteiger partial charge in [-0.1, -0.05) is 0 Å². The summed E-state index contributed by atoms with van der Waals surface area (Å²) in [4.78, 5) is 24.1. The van der Waals surface area contributed by atoms with Crippen molar-refractivity contribution in [3.05, 3.63) is 29.3 Å². The Morgan fingerprint density at radius 3 is 2.44 bits per heavy atom. The number of aromatic nitrogens is 4. The predicted molar refractivity (Wildman–Crippen MR) is 81.9 cm³/mol. The van der Waals surface area contributed by atoms with E-state index < -0.39 is 29.7 Å². The Labute approximate surface area is 141 Å². The number of hydrogen-bond donors (Lipinski definition) is 2. The van der Waals surface area contributed by atoms with Crippen LogP contribution in [0.2, 0.25) is 0 Å². The molecule has 8 nitrogen and oxygen atoms in total. The molecule has 0 aliphatic rings. The number of alkyl halides is 3. The van der Waals surface area contributed by atoms with Crippen molar-refractivity contribution in [1.29, 1.82) is 0 Å². The van der Waals surface area contributed by atoms with Gasteiger partial charge >= 0.3 is 6.18 Å². The summed E-state index contributed by atoms with van der Waals surface area (Å²) in [6.45, 7) is 2.83. The molecule has 0 aliphatic heterocycles. The van der Waals surface area contributed by atoms with Crippen molar-refractivity contribution >= 4 is 17.5 Å². The summed E-state index contributed by atoms with van der Waals surface area (Å²) < 4.78 is 40.6. The maximum atomic E-state index is 12.7. The molecule has 0 aromatic carbocycles. The largest absolute Gasteiger partial charge is 0.435 e. The molecule has 2 N–H and O–H groups in total. The highest BCUT2D eigenvalue weighted by molar-refractivity contribution is 6.02. The molecular formula is C14H17F3N6O2. The molecule has 0 saturated carbocycles. The molecule has 1 unspecified atom stereocenters. The summed E-state index contributed by atoms with van der Waals surface area (Å²) in [6, 6.07) is -0.155. The summed E-state index contributed by atoms with van der Waals surface area (Å²) >= 11 is 0. The van der Waals surface area contributed by atoms with Crippen LogP contribution >= 0.6 is 0 Å². The summed E-state index contributed by atoms with van der Waals surface area (Å²) in [5, 5.41) is 12.3. The average molecular weight is 358 g/mol. The van der Waals surface area contributed by atoms with Gasteiger partial charge in [0.15, 0.2) is 11.4 Å². The number of carbonyl (C=O) groups is 2. The second kappa shape index (κ2) is 6.57. The number of anilines is 1. The van der Waals surface area contributed by atoms with Crippen molar-refractivity contribution < 1.29 is 22.8 Å². The fraction of sp³-hybridized carbons (Fsp3) is 0.429. The topological polar surface area (TPSA) is 93.8 Å². The smallest absolute Gasteiger partial charge is 0.354 e. The molecule has 2 aromatic rings. The number of nitrogens with one attached hydrogen (secondary N) is 2. The zero-order chi connectivity index (χ0) is 18.9. The fourth-order valence-electron chi connectivity index (χ4n) is 2.23. The van der Waals surface area contributed by atoms with Crippen molar-refractivity contribution in [2.75, 3.05) is 12.4 Å². The third-order valence-electron chi connectivity index (χ3n) is 3.49. The van der Waals surface area contributed by atoms with Gasteiger partial charge in [0.25, 0.3) is 5.91 Å². The first-order valence-electron chi connectivity index (χ1n) is 7.24. The summed E-state index contributed by atoms with van der Waals surface area (Å²) in [6.07, 6.45) is -3.17. The third kappa shape index (κ3) is 3.80. The van der Waals surface area contributed by atoms with Gasteiger partial charge in [-0.2, -0.15) is 23.4 Å². The number of amides is 2. The lowest BCUT2D eigenvalue weighted by Gasteiger charge is -2.14. The van der Waals surface area contributed by atoms with Gasteiger partial charge in [-0.3, -0.25) is 19.0 Å². The van der Waals surface area contributed by atoms with Gasteiger partial charge in [-0.05, 0) is 19.9 Å². The van der Waals surface area contributed by atoms with Gasteiger partial charge < -0.3 is 10.6 Å². The fourth-order valence-corrected chi connectivity index (χ4v) is 2.23. The van der Waals surface area contributed by atoms with E-state index in [0.29, 0.717) is 0 Å². The van der Waals surface area contributed by atoms with Crippen LogP contribution in [0, 0.1) is 6.92 Å². The van der Waals surface area contributed by atoms with Crippen LogP contribution in [0.15, 0.2) is 12.3 Å². The molecule has 0 fully saturated rings. The lowest BCUT2D eigenvalue weighted by Crippen LogP contribution is -2.27. The Morgan fingerprint density at radius 2 is 1.92 bits per heavy atom. The molecule has 2 heterocycles. The van der Waals surface area contributed by atoms with Gasteiger partial charge in [-0.15, -0.1) is 0 Å². The SMILES string of the molecule is CNC(=O)c1nn(C)cc1NC(=O)C(C)n1nc(C(F)(F)F)cc1C. The minimum absolute atomic E-state index is 0.00119. The number of carbonyl (C=O) groups excluding carboxylic acids is 2. The molecule has 0 aliphatic carbocycles. The van der Waals surface area contributed by atoms with Crippen molar-refractivity contribution in [3.8, 4) is 0 Å². The molecule has 2 aromatic heterocycles. The zero-order valence-corrected chi connectivity index (χ0v) is 14.0. The minimum Gasteiger partial charge on any atom is -0.354 e. The van der Waals surface area contributed by atoms with E-state index in [4.69, 9.17) is 0 Å². The van der Waals surface area contributed by atoms with E-state index in [1.165, 1.54) is 31.8 Å². The van der Waals surface area contributed by atoms with E-state index in [2.05, 4.69) is 20.8 Å². The highest BCUT2D eigenvalue weighted by Gasteiger charge is 2.35. The Morgan fingerprint density at radius 1 is 1.28 bits per heavy atom. The first-order valence-corrected chi connectivity index (χ1v) is 7.24. The van der Waals surface area contributed by atoms with Crippen molar-refractivity contribution in [1.82, 2.24) is 24.9 Å². The van der Waals surface area contributed by atoms with Gasteiger partial charge in [-0.25, -0.2) is 0 Å². The second-order valence-electron chi connectivity index (χ2n) is 5.42.